The van der Waals surface area contributed by atoms with Gasteiger partial charge in [-0.15, -0.1) is 0 Å². The smallest absolute Gasteiger partial charge is 0.171 e. The van der Waals surface area contributed by atoms with Gasteiger partial charge in [-0.05, 0) is 24.8 Å². The van der Waals surface area contributed by atoms with Gasteiger partial charge in [-0.25, -0.2) is 9.97 Å². The van der Waals surface area contributed by atoms with Crippen LogP contribution in [0.25, 0.3) is 0 Å². The standard InChI is InChI=1S/C10H10Cl2N4S/c1-2-13-8-6(11)5-7(12)9(16-8)17-10-14-3-4-15-10/h3-5H,2H2,1H3,(H,13,16)(H,14,15). The lowest BCUT2D eigenvalue weighted by atomic mass is 10.4. The third-order valence-electron chi connectivity index (χ3n) is 1.91. The molecule has 2 rings (SSSR count). The van der Waals surface area contributed by atoms with E-state index in [9.17, 15) is 0 Å². The summed E-state index contributed by atoms with van der Waals surface area (Å²) in [6.45, 7) is 2.73. The number of nitrogens with one attached hydrogen (secondary N) is 2. The fourth-order valence-corrected chi connectivity index (χ4v) is 2.47. The van der Waals surface area contributed by atoms with Crippen molar-refractivity contribution in [3.8, 4) is 0 Å². The quantitative estimate of drug-likeness (QED) is 0.901. The van der Waals surface area contributed by atoms with Gasteiger partial charge in [-0.3, -0.25) is 0 Å². The first-order valence-electron chi connectivity index (χ1n) is 4.98. The zero-order valence-electron chi connectivity index (χ0n) is 9.00. The summed E-state index contributed by atoms with van der Waals surface area (Å²) < 4.78 is 0. The van der Waals surface area contributed by atoms with Crippen molar-refractivity contribution in [1.29, 1.82) is 0 Å². The summed E-state index contributed by atoms with van der Waals surface area (Å²) in [6, 6.07) is 1.68. The Labute approximate surface area is 113 Å². The number of imidazole rings is 1. The molecule has 4 nitrogen and oxygen atoms in total. The van der Waals surface area contributed by atoms with Gasteiger partial charge >= 0.3 is 0 Å². The van der Waals surface area contributed by atoms with Gasteiger partial charge < -0.3 is 10.3 Å². The van der Waals surface area contributed by atoms with Crippen LogP contribution in [0, 0.1) is 0 Å². The maximum atomic E-state index is 6.08. The molecule has 2 heterocycles. The van der Waals surface area contributed by atoms with Crippen LogP contribution in [0.1, 0.15) is 6.92 Å². The van der Waals surface area contributed by atoms with E-state index in [1.807, 2.05) is 6.92 Å². The predicted octanol–water partition coefficient (Wildman–Crippen LogP) is 3.69. The topological polar surface area (TPSA) is 53.6 Å². The first kappa shape index (κ1) is 12.5. The Kier molecular flexibility index (Phi) is 4.15. The first-order valence-corrected chi connectivity index (χ1v) is 6.55. The second kappa shape index (κ2) is 5.62. The van der Waals surface area contributed by atoms with Crippen LogP contribution >= 0.6 is 35.0 Å². The summed E-state index contributed by atoms with van der Waals surface area (Å²) in [6.07, 6.45) is 3.43. The normalized spacial score (nSPS) is 10.5. The summed E-state index contributed by atoms with van der Waals surface area (Å²) in [7, 11) is 0. The molecule has 0 saturated carbocycles. The van der Waals surface area contributed by atoms with Crippen molar-refractivity contribution in [1.82, 2.24) is 15.0 Å². The molecule has 0 spiro atoms. The number of rotatable bonds is 4. The molecule has 90 valence electrons. The monoisotopic (exact) mass is 288 g/mol. The molecule has 2 aromatic heterocycles. The third kappa shape index (κ3) is 3.06. The highest BCUT2D eigenvalue weighted by atomic mass is 35.5. The predicted molar refractivity (Wildman–Crippen MR) is 71.1 cm³/mol. The molecule has 0 aliphatic rings. The number of aromatic amines is 1. The lowest BCUT2D eigenvalue weighted by Gasteiger charge is -2.08. The van der Waals surface area contributed by atoms with Gasteiger partial charge in [0, 0.05) is 18.9 Å². The maximum absolute atomic E-state index is 6.08. The molecule has 0 atom stereocenters. The van der Waals surface area contributed by atoms with Crippen molar-refractivity contribution in [2.45, 2.75) is 17.1 Å². The summed E-state index contributed by atoms with van der Waals surface area (Å²) in [5, 5.41) is 5.51. The molecule has 0 fully saturated rings. The van der Waals surface area contributed by atoms with Gasteiger partial charge in [0.15, 0.2) is 5.16 Å². The van der Waals surface area contributed by atoms with E-state index in [2.05, 4.69) is 20.3 Å². The van der Waals surface area contributed by atoms with Gasteiger partial charge in [0.1, 0.15) is 10.8 Å². The summed E-state index contributed by atoms with van der Waals surface area (Å²) in [5.74, 6) is 0.632. The summed E-state index contributed by atoms with van der Waals surface area (Å²) in [5.41, 5.74) is 0. The first-order chi connectivity index (χ1) is 8.20. The minimum atomic E-state index is 0.512. The van der Waals surface area contributed by atoms with Gasteiger partial charge in [-0.1, -0.05) is 23.2 Å². The highest BCUT2D eigenvalue weighted by Gasteiger charge is 2.11. The van der Waals surface area contributed by atoms with Crippen LogP contribution in [-0.4, -0.2) is 21.5 Å². The molecular weight excluding hydrogens is 279 g/mol. The molecule has 0 amide bonds. The number of H-pyrrole nitrogens is 1. The molecule has 7 heteroatoms. The van der Waals surface area contributed by atoms with Crippen LogP contribution in [0.5, 0.6) is 0 Å². The van der Waals surface area contributed by atoms with E-state index in [1.165, 1.54) is 11.8 Å². The van der Waals surface area contributed by atoms with Crippen molar-refractivity contribution in [2.75, 3.05) is 11.9 Å². The van der Waals surface area contributed by atoms with E-state index in [0.717, 1.165) is 11.7 Å². The van der Waals surface area contributed by atoms with E-state index < -0.39 is 0 Å². The second-order valence-corrected chi connectivity index (χ2v) is 4.92. The Morgan fingerprint density at radius 3 is 2.88 bits per heavy atom. The molecule has 17 heavy (non-hydrogen) atoms. The van der Waals surface area contributed by atoms with E-state index in [0.29, 0.717) is 20.9 Å². The van der Waals surface area contributed by atoms with E-state index >= 15 is 0 Å². The number of nitrogens with zero attached hydrogens (tertiary/aromatic N) is 2. The van der Waals surface area contributed by atoms with Crippen molar-refractivity contribution in [3.05, 3.63) is 28.5 Å². The molecule has 0 aliphatic heterocycles. The highest BCUT2D eigenvalue weighted by Crippen LogP contribution is 2.34. The van der Waals surface area contributed by atoms with Crippen LogP contribution in [0.15, 0.2) is 28.6 Å². The fourth-order valence-electron chi connectivity index (χ4n) is 1.21. The Balaban J connectivity index is 2.29. The molecule has 0 saturated heterocycles. The van der Waals surface area contributed by atoms with Crippen LogP contribution in [0.3, 0.4) is 0 Å². The zero-order chi connectivity index (χ0) is 12.3. The average Bonchev–Trinajstić information content (AvgIpc) is 2.78. The second-order valence-electron chi connectivity index (χ2n) is 3.13. The number of hydrogen-bond acceptors (Lipinski definition) is 4. The molecule has 0 radical (unpaired) electrons. The fraction of sp³-hybridized carbons (Fsp3) is 0.200. The van der Waals surface area contributed by atoms with E-state index in [-0.39, 0.29) is 0 Å². The number of anilines is 1. The van der Waals surface area contributed by atoms with Crippen molar-refractivity contribution < 1.29 is 0 Å². The molecule has 2 N–H and O–H groups in total. The average molecular weight is 289 g/mol. The SMILES string of the molecule is CCNc1nc(Sc2ncc[nH]2)c(Cl)cc1Cl. The van der Waals surface area contributed by atoms with Crippen molar-refractivity contribution >= 4 is 40.8 Å². The van der Waals surface area contributed by atoms with Gasteiger partial charge in [-0.2, -0.15) is 0 Å². The molecule has 2 aromatic rings. The highest BCUT2D eigenvalue weighted by molar-refractivity contribution is 7.99. The van der Waals surface area contributed by atoms with Crippen LogP contribution in [-0.2, 0) is 0 Å². The Morgan fingerprint density at radius 1 is 1.41 bits per heavy atom. The zero-order valence-corrected chi connectivity index (χ0v) is 11.3. The largest absolute Gasteiger partial charge is 0.369 e. The summed E-state index contributed by atoms with van der Waals surface area (Å²) in [4.78, 5) is 11.4. The molecular formula is C10H10Cl2N4S. The van der Waals surface area contributed by atoms with E-state index in [1.54, 1.807) is 18.5 Å². The summed E-state index contributed by atoms with van der Waals surface area (Å²) >= 11 is 13.5. The van der Waals surface area contributed by atoms with Crippen molar-refractivity contribution in [2.24, 2.45) is 0 Å². The number of aromatic nitrogens is 3. The van der Waals surface area contributed by atoms with Crippen LogP contribution in [0.4, 0.5) is 5.82 Å². The molecule has 0 aliphatic carbocycles. The Hall–Kier alpha value is -0.910. The van der Waals surface area contributed by atoms with Gasteiger partial charge in [0.25, 0.3) is 0 Å². The number of halogens is 2. The van der Waals surface area contributed by atoms with E-state index in [4.69, 9.17) is 23.2 Å². The molecule has 0 aromatic carbocycles. The van der Waals surface area contributed by atoms with Gasteiger partial charge in [0.05, 0.1) is 10.0 Å². The van der Waals surface area contributed by atoms with Crippen LogP contribution in [0.2, 0.25) is 10.0 Å². The van der Waals surface area contributed by atoms with Crippen molar-refractivity contribution in [3.63, 3.8) is 0 Å². The maximum Gasteiger partial charge on any atom is 0.171 e. The number of pyridine rings is 1. The molecule has 0 unspecified atom stereocenters. The lowest BCUT2D eigenvalue weighted by Crippen LogP contribution is -2.01. The number of hydrogen-bond donors (Lipinski definition) is 2. The van der Waals surface area contributed by atoms with Gasteiger partial charge in [0.2, 0.25) is 0 Å². The van der Waals surface area contributed by atoms with Crippen LogP contribution < -0.4 is 5.32 Å². The third-order valence-corrected chi connectivity index (χ3v) is 3.52. The Bertz CT molecular complexity index is 501. The lowest BCUT2D eigenvalue weighted by molar-refractivity contribution is 1.03. The Morgan fingerprint density at radius 2 is 2.24 bits per heavy atom. The molecule has 0 bridgehead atoms. The minimum absolute atomic E-state index is 0.512. The minimum Gasteiger partial charge on any atom is -0.369 e.